The third-order valence-electron chi connectivity index (χ3n) is 5.85. The van der Waals surface area contributed by atoms with Crippen molar-refractivity contribution in [2.24, 2.45) is 5.92 Å². The molecule has 1 unspecified atom stereocenters. The highest BCUT2D eigenvalue weighted by molar-refractivity contribution is 5.77. The van der Waals surface area contributed by atoms with Gasteiger partial charge in [0.15, 0.2) is 5.60 Å². The van der Waals surface area contributed by atoms with Gasteiger partial charge in [-0.05, 0) is 55.9 Å². The third kappa shape index (κ3) is 6.02. The van der Waals surface area contributed by atoms with E-state index in [0.29, 0.717) is 18.2 Å². The molecular weight excluding hydrogens is 406 g/mol. The molecule has 1 aliphatic rings. The van der Waals surface area contributed by atoms with E-state index in [4.69, 9.17) is 9.47 Å². The lowest BCUT2D eigenvalue weighted by molar-refractivity contribution is -0.152. The predicted octanol–water partition coefficient (Wildman–Crippen LogP) is 5.01. The molecule has 2 aromatic carbocycles. The van der Waals surface area contributed by atoms with Crippen LogP contribution in [0.4, 0.5) is 5.69 Å². The number of piperidine rings is 1. The predicted molar refractivity (Wildman–Crippen MR) is 124 cm³/mol. The van der Waals surface area contributed by atoms with Crippen LogP contribution in [0.15, 0.2) is 48.5 Å². The zero-order chi connectivity index (χ0) is 23.3. The second-order valence-electron chi connectivity index (χ2n) is 9.20. The summed E-state index contributed by atoms with van der Waals surface area (Å²) in [6.07, 6.45) is 1.68. The SMILES string of the molecule is CC(C)c1ccc(COC(=O)C2CCCN(c3cccc(OC(C)(C)C(=O)O)c3)C2)cc1. The van der Waals surface area contributed by atoms with Gasteiger partial charge in [0.1, 0.15) is 12.4 Å². The molecule has 6 nitrogen and oxygen atoms in total. The first-order valence-electron chi connectivity index (χ1n) is 11.2. The van der Waals surface area contributed by atoms with Crippen LogP contribution >= 0.6 is 0 Å². The van der Waals surface area contributed by atoms with E-state index in [1.54, 1.807) is 6.07 Å². The van der Waals surface area contributed by atoms with Crippen LogP contribution in [0.3, 0.4) is 0 Å². The Hall–Kier alpha value is -3.02. The molecule has 0 aromatic heterocycles. The number of ether oxygens (including phenoxy) is 2. The molecule has 1 saturated heterocycles. The summed E-state index contributed by atoms with van der Waals surface area (Å²) in [5.41, 5.74) is 1.84. The molecule has 0 aliphatic carbocycles. The van der Waals surface area contributed by atoms with Gasteiger partial charge in [0.25, 0.3) is 0 Å². The van der Waals surface area contributed by atoms with Gasteiger partial charge in [-0.3, -0.25) is 4.79 Å². The summed E-state index contributed by atoms with van der Waals surface area (Å²) < 4.78 is 11.3. The van der Waals surface area contributed by atoms with E-state index < -0.39 is 11.6 Å². The molecule has 0 bridgehead atoms. The third-order valence-corrected chi connectivity index (χ3v) is 5.85. The fourth-order valence-electron chi connectivity index (χ4n) is 3.76. The summed E-state index contributed by atoms with van der Waals surface area (Å²) in [6.45, 7) is 9.01. The first-order chi connectivity index (χ1) is 15.2. The number of anilines is 1. The van der Waals surface area contributed by atoms with E-state index >= 15 is 0 Å². The van der Waals surface area contributed by atoms with Crippen molar-refractivity contribution in [1.82, 2.24) is 0 Å². The van der Waals surface area contributed by atoms with Crippen molar-refractivity contribution in [2.45, 2.75) is 58.7 Å². The standard InChI is InChI=1S/C26H33NO5/c1-18(2)20-12-10-19(11-13-20)17-31-24(28)21-7-6-14-27(16-21)22-8-5-9-23(15-22)32-26(3,4)25(29)30/h5,8-13,15,18,21H,6-7,14,16-17H2,1-4H3,(H,29,30). The number of rotatable bonds is 8. The summed E-state index contributed by atoms with van der Waals surface area (Å²) in [4.78, 5) is 26.2. The van der Waals surface area contributed by atoms with Crippen LogP contribution in [-0.4, -0.2) is 35.7 Å². The first kappa shape index (κ1) is 23.6. The van der Waals surface area contributed by atoms with Crippen molar-refractivity contribution in [3.63, 3.8) is 0 Å². The molecule has 3 rings (SSSR count). The highest BCUT2D eigenvalue weighted by atomic mass is 16.5. The van der Waals surface area contributed by atoms with Crippen LogP contribution in [0.1, 0.15) is 57.6 Å². The van der Waals surface area contributed by atoms with E-state index in [0.717, 1.165) is 30.6 Å². The molecule has 1 aliphatic heterocycles. The Labute approximate surface area is 190 Å². The molecule has 1 N–H and O–H groups in total. The minimum atomic E-state index is -1.32. The number of hydrogen-bond donors (Lipinski definition) is 1. The average Bonchev–Trinajstić information content (AvgIpc) is 2.77. The molecule has 0 amide bonds. The van der Waals surface area contributed by atoms with Crippen LogP contribution in [-0.2, 0) is 20.9 Å². The zero-order valence-corrected chi connectivity index (χ0v) is 19.3. The Kier molecular flexibility index (Phi) is 7.44. The normalized spacial score (nSPS) is 16.7. The number of carboxylic acids is 1. The van der Waals surface area contributed by atoms with Gasteiger partial charge in [-0.2, -0.15) is 0 Å². The number of carbonyl (C=O) groups is 2. The molecule has 1 fully saturated rings. The van der Waals surface area contributed by atoms with E-state index in [1.807, 2.05) is 30.3 Å². The number of nitrogens with zero attached hydrogens (tertiary/aromatic N) is 1. The Morgan fingerprint density at radius 1 is 1.16 bits per heavy atom. The minimum Gasteiger partial charge on any atom is -0.478 e. The van der Waals surface area contributed by atoms with E-state index in [1.165, 1.54) is 19.4 Å². The molecule has 0 saturated carbocycles. The molecule has 0 spiro atoms. The Balaban J connectivity index is 1.59. The van der Waals surface area contributed by atoms with Gasteiger partial charge in [-0.25, -0.2) is 4.79 Å². The average molecular weight is 440 g/mol. The summed E-state index contributed by atoms with van der Waals surface area (Å²) >= 11 is 0. The molecule has 1 atom stereocenters. The summed E-state index contributed by atoms with van der Waals surface area (Å²) in [6, 6.07) is 15.5. The lowest BCUT2D eigenvalue weighted by Crippen LogP contribution is -2.39. The van der Waals surface area contributed by atoms with Gasteiger partial charge in [0.05, 0.1) is 5.92 Å². The second-order valence-corrected chi connectivity index (χ2v) is 9.20. The quantitative estimate of drug-likeness (QED) is 0.583. The van der Waals surface area contributed by atoms with Crippen molar-refractivity contribution in [3.8, 4) is 5.75 Å². The molecular formula is C26H33NO5. The van der Waals surface area contributed by atoms with Crippen molar-refractivity contribution in [1.29, 1.82) is 0 Å². The molecule has 2 aromatic rings. The number of benzene rings is 2. The first-order valence-corrected chi connectivity index (χ1v) is 11.2. The van der Waals surface area contributed by atoms with Crippen molar-refractivity contribution >= 4 is 17.6 Å². The molecule has 32 heavy (non-hydrogen) atoms. The van der Waals surface area contributed by atoms with Crippen molar-refractivity contribution in [3.05, 3.63) is 59.7 Å². The number of aliphatic carboxylic acids is 1. The van der Waals surface area contributed by atoms with E-state index in [2.05, 4.69) is 30.9 Å². The molecule has 0 radical (unpaired) electrons. The molecule has 172 valence electrons. The maximum Gasteiger partial charge on any atom is 0.347 e. The highest BCUT2D eigenvalue weighted by Gasteiger charge is 2.30. The van der Waals surface area contributed by atoms with Crippen LogP contribution in [0.25, 0.3) is 0 Å². The monoisotopic (exact) mass is 439 g/mol. The largest absolute Gasteiger partial charge is 0.478 e. The number of esters is 1. The van der Waals surface area contributed by atoms with Gasteiger partial charge >= 0.3 is 11.9 Å². The van der Waals surface area contributed by atoms with Gasteiger partial charge < -0.3 is 19.5 Å². The van der Waals surface area contributed by atoms with Crippen LogP contribution in [0.2, 0.25) is 0 Å². The summed E-state index contributed by atoms with van der Waals surface area (Å²) in [5.74, 6) is -0.438. The highest BCUT2D eigenvalue weighted by Crippen LogP contribution is 2.29. The van der Waals surface area contributed by atoms with E-state index in [9.17, 15) is 14.7 Å². The number of carboxylic acid groups (broad SMARTS) is 1. The lowest BCUT2D eigenvalue weighted by atomic mass is 9.97. The van der Waals surface area contributed by atoms with Gasteiger partial charge in [-0.15, -0.1) is 0 Å². The van der Waals surface area contributed by atoms with Crippen LogP contribution in [0.5, 0.6) is 5.75 Å². The smallest absolute Gasteiger partial charge is 0.347 e. The summed E-state index contributed by atoms with van der Waals surface area (Å²) in [7, 11) is 0. The number of carbonyl (C=O) groups excluding carboxylic acids is 1. The maximum absolute atomic E-state index is 12.7. The molecule has 1 heterocycles. The van der Waals surface area contributed by atoms with Gasteiger partial charge in [0, 0.05) is 24.8 Å². The maximum atomic E-state index is 12.7. The zero-order valence-electron chi connectivity index (χ0n) is 19.3. The fraction of sp³-hybridized carbons (Fsp3) is 0.462. The van der Waals surface area contributed by atoms with Crippen molar-refractivity contribution < 1.29 is 24.2 Å². The molecule has 6 heteroatoms. The summed E-state index contributed by atoms with van der Waals surface area (Å²) in [5, 5.41) is 9.30. The topological polar surface area (TPSA) is 76.1 Å². The van der Waals surface area contributed by atoms with Crippen LogP contribution < -0.4 is 9.64 Å². The van der Waals surface area contributed by atoms with Gasteiger partial charge in [0.2, 0.25) is 0 Å². The minimum absolute atomic E-state index is 0.179. The fourth-order valence-corrected chi connectivity index (χ4v) is 3.76. The van der Waals surface area contributed by atoms with E-state index in [-0.39, 0.29) is 18.5 Å². The van der Waals surface area contributed by atoms with Crippen molar-refractivity contribution in [2.75, 3.05) is 18.0 Å². The second kappa shape index (κ2) is 10.1. The lowest BCUT2D eigenvalue weighted by Gasteiger charge is -2.33. The Bertz CT molecular complexity index is 935. The Morgan fingerprint density at radius 3 is 2.53 bits per heavy atom. The Morgan fingerprint density at radius 2 is 1.88 bits per heavy atom. The number of hydrogen-bond acceptors (Lipinski definition) is 5. The van der Waals surface area contributed by atoms with Gasteiger partial charge in [-0.1, -0.05) is 44.2 Å². The van der Waals surface area contributed by atoms with Crippen LogP contribution in [0, 0.1) is 5.92 Å².